The summed E-state index contributed by atoms with van der Waals surface area (Å²) in [6, 6.07) is 13.7. The lowest BCUT2D eigenvalue weighted by molar-refractivity contribution is -0.141. The molecule has 3 atom stereocenters. The molecule has 4 N–H and O–H groups in total. The molecule has 2 fully saturated rings. The van der Waals surface area contributed by atoms with E-state index in [2.05, 4.69) is 38.1 Å². The molecule has 2 aromatic carbocycles. The first-order valence-electron chi connectivity index (χ1n) is 17.5. The Morgan fingerprint density at radius 3 is 2.10 bits per heavy atom. The van der Waals surface area contributed by atoms with Crippen molar-refractivity contribution >= 4 is 35.1 Å². The van der Waals surface area contributed by atoms with E-state index >= 15 is 0 Å². The van der Waals surface area contributed by atoms with Crippen LogP contribution in [0.2, 0.25) is 0 Å². The number of benzene rings is 2. The Morgan fingerprint density at radius 1 is 0.792 bits per heavy atom. The molecule has 4 rings (SSSR count). The molecule has 2 aromatic rings. The summed E-state index contributed by atoms with van der Waals surface area (Å²) < 4.78 is 0. The highest BCUT2D eigenvalue weighted by Gasteiger charge is 2.31. The molecule has 48 heavy (non-hydrogen) atoms. The predicted molar refractivity (Wildman–Crippen MR) is 187 cm³/mol. The lowest BCUT2D eigenvalue weighted by atomic mass is 9.95. The van der Waals surface area contributed by atoms with Crippen LogP contribution >= 0.6 is 0 Å². The van der Waals surface area contributed by atoms with Crippen molar-refractivity contribution in [1.82, 2.24) is 26.2 Å². The first-order valence-corrected chi connectivity index (χ1v) is 17.5. The van der Waals surface area contributed by atoms with Gasteiger partial charge in [-0.2, -0.15) is 0 Å². The average molecular weight is 661 g/mol. The lowest BCUT2D eigenvalue weighted by Gasteiger charge is -2.34. The third kappa shape index (κ3) is 10.9. The van der Waals surface area contributed by atoms with Crippen LogP contribution in [-0.4, -0.2) is 91.7 Å². The molecule has 0 spiro atoms. The summed E-state index contributed by atoms with van der Waals surface area (Å²) in [5.41, 5.74) is 2.31. The van der Waals surface area contributed by atoms with Gasteiger partial charge in [0.2, 0.25) is 17.6 Å². The van der Waals surface area contributed by atoms with E-state index in [0.717, 1.165) is 76.0 Å². The highest BCUT2D eigenvalue weighted by molar-refractivity contribution is 6.38. The molecule has 1 heterocycles. The third-order valence-corrected chi connectivity index (χ3v) is 9.30. The lowest BCUT2D eigenvalue weighted by Crippen LogP contribution is -2.56. The van der Waals surface area contributed by atoms with Gasteiger partial charge >= 0.3 is 0 Å². The fraction of sp³-hybridized carbons (Fsp3) is 0.541. The van der Waals surface area contributed by atoms with Gasteiger partial charge in [-0.15, -0.1) is 0 Å². The number of nitrogens with one attached hydrogen (secondary N) is 4. The van der Waals surface area contributed by atoms with E-state index in [0.29, 0.717) is 18.4 Å². The number of anilines is 1. The molecule has 1 aliphatic carbocycles. The van der Waals surface area contributed by atoms with Crippen molar-refractivity contribution in [3.63, 3.8) is 0 Å². The van der Waals surface area contributed by atoms with Gasteiger partial charge in [0.1, 0.15) is 12.1 Å². The fourth-order valence-corrected chi connectivity index (χ4v) is 6.20. The molecular formula is C37H52N6O5. The van der Waals surface area contributed by atoms with Crippen molar-refractivity contribution in [2.75, 3.05) is 38.1 Å². The molecule has 0 aromatic heterocycles. The minimum absolute atomic E-state index is 0.0254. The number of carbonyl (C=O) groups is 5. The number of piperazine rings is 1. The van der Waals surface area contributed by atoms with Crippen LogP contribution in [0.1, 0.15) is 81.1 Å². The first-order chi connectivity index (χ1) is 23.1. The highest BCUT2D eigenvalue weighted by Crippen LogP contribution is 2.19. The monoisotopic (exact) mass is 660 g/mol. The van der Waals surface area contributed by atoms with Gasteiger partial charge in [0.05, 0.1) is 6.04 Å². The summed E-state index contributed by atoms with van der Waals surface area (Å²) in [5.74, 6) is -2.86. The molecule has 260 valence electrons. The average Bonchev–Trinajstić information content (AvgIpc) is 3.10. The Bertz CT molecular complexity index is 1370. The van der Waals surface area contributed by atoms with Gasteiger partial charge < -0.3 is 31.1 Å². The molecular weight excluding hydrogens is 608 g/mol. The van der Waals surface area contributed by atoms with Gasteiger partial charge in [-0.1, -0.05) is 69.4 Å². The van der Waals surface area contributed by atoms with Gasteiger partial charge in [0.25, 0.3) is 11.8 Å². The molecule has 2 aliphatic rings. The van der Waals surface area contributed by atoms with E-state index in [1.165, 1.54) is 6.92 Å². The second-order valence-corrected chi connectivity index (χ2v) is 13.2. The number of unbranched alkanes of at least 4 members (excludes halogenated alkanes) is 1. The van der Waals surface area contributed by atoms with E-state index in [9.17, 15) is 24.0 Å². The Hall–Kier alpha value is -4.25. The molecule has 1 saturated heterocycles. The number of likely N-dealkylation sites (N-methyl/N-ethyl adjacent to an activating group) is 1. The Balaban J connectivity index is 1.39. The van der Waals surface area contributed by atoms with Crippen molar-refractivity contribution in [3.8, 4) is 0 Å². The van der Waals surface area contributed by atoms with Crippen LogP contribution in [-0.2, 0) is 25.6 Å². The zero-order valence-corrected chi connectivity index (χ0v) is 28.6. The molecule has 4 amide bonds. The second kappa shape index (κ2) is 18.3. The number of Topliss-reactive ketones (excluding diaryl/α,β-unsaturated/α-hetero) is 1. The molecule has 11 nitrogen and oxygen atoms in total. The minimum atomic E-state index is -1.02. The summed E-state index contributed by atoms with van der Waals surface area (Å²) in [4.78, 5) is 70.7. The van der Waals surface area contributed by atoms with Crippen LogP contribution in [0.5, 0.6) is 0 Å². The molecule has 11 heteroatoms. The van der Waals surface area contributed by atoms with Crippen molar-refractivity contribution in [3.05, 3.63) is 65.7 Å². The summed E-state index contributed by atoms with van der Waals surface area (Å²) in [6.07, 6.45) is 6.81. The smallest absolute Gasteiger partial charge is 0.289 e. The van der Waals surface area contributed by atoms with Gasteiger partial charge in [0, 0.05) is 49.9 Å². The number of nitrogens with zero attached hydrogens (tertiary/aromatic N) is 2. The minimum Gasteiger partial charge on any atom is -0.369 e. The van der Waals surface area contributed by atoms with Crippen LogP contribution in [0.4, 0.5) is 5.69 Å². The second-order valence-electron chi connectivity index (χ2n) is 13.2. The maximum absolute atomic E-state index is 13.6. The zero-order chi connectivity index (χ0) is 34.5. The molecule has 1 saturated carbocycles. The molecule has 0 bridgehead atoms. The van der Waals surface area contributed by atoms with Crippen LogP contribution < -0.4 is 26.2 Å². The van der Waals surface area contributed by atoms with Crippen LogP contribution in [0.15, 0.2) is 54.6 Å². The summed E-state index contributed by atoms with van der Waals surface area (Å²) in [7, 11) is 2.10. The van der Waals surface area contributed by atoms with Crippen molar-refractivity contribution < 1.29 is 24.0 Å². The Morgan fingerprint density at radius 2 is 1.46 bits per heavy atom. The fourth-order valence-electron chi connectivity index (χ4n) is 6.20. The molecule has 3 unspecified atom stereocenters. The largest absolute Gasteiger partial charge is 0.369 e. The van der Waals surface area contributed by atoms with E-state index < -0.39 is 47.5 Å². The van der Waals surface area contributed by atoms with Gasteiger partial charge in [-0.3, -0.25) is 24.0 Å². The maximum Gasteiger partial charge on any atom is 0.289 e. The highest BCUT2D eigenvalue weighted by atomic mass is 16.2. The first kappa shape index (κ1) is 36.6. The standard InChI is InChI=1S/C37H52N6O5/c1-4-5-16-31(33(44)37(48)39-29-14-10-7-11-15-29)40-34(45)26(2)38-36(47)32(25-27-12-8-6-9-13-27)41-35(46)28-17-19-30(20-18-28)43-23-21-42(3)22-24-43/h6,8-9,12-13,17-20,26,29,31-32H,4-5,7,10-11,14-16,21-25H2,1-3H3,(H,38,47)(H,39,48)(H,40,45)(H,41,46). The number of amides is 4. The van der Waals surface area contributed by atoms with E-state index in [1.807, 2.05) is 49.4 Å². The van der Waals surface area contributed by atoms with Gasteiger partial charge in [-0.25, -0.2) is 0 Å². The van der Waals surface area contributed by atoms with Crippen molar-refractivity contribution in [2.24, 2.45) is 0 Å². The van der Waals surface area contributed by atoms with Crippen LogP contribution in [0.25, 0.3) is 0 Å². The van der Waals surface area contributed by atoms with Gasteiger partial charge in [-0.05, 0) is 63.1 Å². The number of ketones is 1. The Labute approximate surface area is 284 Å². The Kier molecular flexibility index (Phi) is 14.0. The summed E-state index contributed by atoms with van der Waals surface area (Å²) in [6.45, 7) is 7.26. The molecule has 1 aliphatic heterocycles. The quantitative estimate of drug-likeness (QED) is 0.216. The maximum atomic E-state index is 13.6. The SMILES string of the molecule is CCCCC(NC(=O)C(C)NC(=O)C(Cc1ccccc1)NC(=O)c1ccc(N2CCN(C)CC2)cc1)C(=O)C(=O)NC1CCCCC1. The van der Waals surface area contributed by atoms with E-state index in [-0.39, 0.29) is 12.5 Å². The van der Waals surface area contributed by atoms with Gasteiger partial charge in [0.15, 0.2) is 0 Å². The van der Waals surface area contributed by atoms with Crippen molar-refractivity contribution in [2.45, 2.75) is 95.8 Å². The van der Waals surface area contributed by atoms with E-state index in [1.54, 1.807) is 12.1 Å². The number of carbonyl (C=O) groups excluding carboxylic acids is 5. The number of hydrogen-bond donors (Lipinski definition) is 4. The normalized spacial score (nSPS) is 17.4. The van der Waals surface area contributed by atoms with Crippen LogP contribution in [0, 0.1) is 0 Å². The third-order valence-electron chi connectivity index (χ3n) is 9.30. The number of hydrogen-bond acceptors (Lipinski definition) is 7. The van der Waals surface area contributed by atoms with Crippen LogP contribution in [0.3, 0.4) is 0 Å². The zero-order valence-electron chi connectivity index (χ0n) is 28.6. The van der Waals surface area contributed by atoms with E-state index in [4.69, 9.17) is 0 Å². The predicted octanol–water partition coefficient (Wildman–Crippen LogP) is 2.98. The summed E-state index contributed by atoms with van der Waals surface area (Å²) in [5, 5.41) is 11.1. The molecule has 0 radical (unpaired) electrons. The number of rotatable bonds is 15. The van der Waals surface area contributed by atoms with Crippen molar-refractivity contribution in [1.29, 1.82) is 0 Å². The topological polar surface area (TPSA) is 140 Å². The summed E-state index contributed by atoms with van der Waals surface area (Å²) >= 11 is 0.